The molecule has 3 aromatic rings. The van der Waals surface area contributed by atoms with Gasteiger partial charge in [-0.25, -0.2) is 4.79 Å². The Balaban J connectivity index is 1.60. The minimum absolute atomic E-state index is 0.231. The van der Waals surface area contributed by atoms with Crippen LogP contribution in [0.15, 0.2) is 66.7 Å². The van der Waals surface area contributed by atoms with Crippen LogP contribution in [0.5, 0.6) is 5.75 Å². The lowest BCUT2D eigenvalue weighted by Crippen LogP contribution is -2.12. The molecule has 28 heavy (non-hydrogen) atoms. The molecule has 0 radical (unpaired) electrons. The summed E-state index contributed by atoms with van der Waals surface area (Å²) in [5, 5.41) is 12.3. The Morgan fingerprint density at radius 3 is 2.25 bits per heavy atom. The molecule has 0 aromatic heterocycles. The molecule has 0 aliphatic rings. The predicted molar refractivity (Wildman–Crippen MR) is 108 cm³/mol. The zero-order chi connectivity index (χ0) is 20.1. The number of hydrogen-bond donors (Lipinski definition) is 2. The molecule has 0 unspecified atom stereocenters. The highest BCUT2D eigenvalue weighted by Gasteiger charge is 2.09. The van der Waals surface area contributed by atoms with Gasteiger partial charge in [-0.05, 0) is 66.6 Å². The zero-order valence-corrected chi connectivity index (χ0v) is 15.9. The van der Waals surface area contributed by atoms with Crippen LogP contribution in [0.4, 0.5) is 5.69 Å². The highest BCUT2D eigenvalue weighted by molar-refractivity contribution is 6.31. The first-order valence-corrected chi connectivity index (χ1v) is 8.93. The number of benzene rings is 3. The van der Waals surface area contributed by atoms with E-state index < -0.39 is 5.97 Å². The molecule has 0 aliphatic heterocycles. The number of aromatic carboxylic acids is 1. The average molecular weight is 396 g/mol. The second-order valence-corrected chi connectivity index (χ2v) is 6.59. The van der Waals surface area contributed by atoms with Gasteiger partial charge in [0, 0.05) is 16.3 Å². The standard InChI is InChI=1S/C22H18ClNO4/c1-14-19(23)3-2-4-20(14)24-21(25)16-9-11-18(12-10-16)28-13-15-5-7-17(8-6-15)22(26)27/h2-12H,13H2,1H3,(H,24,25)(H,26,27). The molecule has 0 fully saturated rings. The lowest BCUT2D eigenvalue weighted by molar-refractivity contribution is 0.0696. The molecular weight excluding hydrogens is 378 g/mol. The molecule has 0 bridgehead atoms. The van der Waals surface area contributed by atoms with Gasteiger partial charge in [0.05, 0.1) is 5.56 Å². The smallest absolute Gasteiger partial charge is 0.335 e. The molecule has 0 saturated carbocycles. The third-order valence-electron chi connectivity index (χ3n) is 4.24. The number of carboxylic acid groups (broad SMARTS) is 1. The molecule has 3 aromatic carbocycles. The minimum atomic E-state index is -0.964. The Morgan fingerprint density at radius 2 is 1.61 bits per heavy atom. The van der Waals surface area contributed by atoms with Gasteiger partial charge in [0.1, 0.15) is 12.4 Å². The van der Waals surface area contributed by atoms with Crippen molar-refractivity contribution in [3.05, 3.63) is 94.0 Å². The van der Waals surface area contributed by atoms with Gasteiger partial charge in [-0.2, -0.15) is 0 Å². The van der Waals surface area contributed by atoms with E-state index in [1.54, 1.807) is 54.6 Å². The molecule has 0 heterocycles. The molecule has 0 saturated heterocycles. The van der Waals surface area contributed by atoms with E-state index >= 15 is 0 Å². The fraction of sp³-hybridized carbons (Fsp3) is 0.0909. The summed E-state index contributed by atoms with van der Waals surface area (Å²) in [7, 11) is 0. The van der Waals surface area contributed by atoms with E-state index in [-0.39, 0.29) is 11.5 Å². The Kier molecular flexibility index (Phi) is 5.96. The number of carbonyl (C=O) groups excluding carboxylic acids is 1. The van der Waals surface area contributed by atoms with E-state index in [1.165, 1.54) is 12.1 Å². The normalized spacial score (nSPS) is 10.4. The molecular formula is C22H18ClNO4. The van der Waals surface area contributed by atoms with Crippen LogP contribution in [0, 0.1) is 6.92 Å². The molecule has 142 valence electrons. The van der Waals surface area contributed by atoms with Crippen molar-refractivity contribution in [2.24, 2.45) is 0 Å². The van der Waals surface area contributed by atoms with Crippen molar-refractivity contribution >= 4 is 29.2 Å². The number of nitrogens with one attached hydrogen (secondary N) is 1. The van der Waals surface area contributed by atoms with E-state index in [0.29, 0.717) is 28.6 Å². The molecule has 0 atom stereocenters. The third-order valence-corrected chi connectivity index (χ3v) is 4.65. The lowest BCUT2D eigenvalue weighted by Gasteiger charge is -2.10. The summed E-state index contributed by atoms with van der Waals surface area (Å²) in [4.78, 5) is 23.3. The van der Waals surface area contributed by atoms with Crippen molar-refractivity contribution in [2.75, 3.05) is 5.32 Å². The second-order valence-electron chi connectivity index (χ2n) is 6.18. The summed E-state index contributed by atoms with van der Waals surface area (Å²) in [5.74, 6) is -0.590. The van der Waals surface area contributed by atoms with Gasteiger partial charge in [0.2, 0.25) is 0 Å². The summed E-state index contributed by atoms with van der Waals surface area (Å²) in [6, 6.07) is 18.6. The molecule has 0 spiro atoms. The van der Waals surface area contributed by atoms with E-state index in [4.69, 9.17) is 21.4 Å². The second kappa shape index (κ2) is 8.59. The van der Waals surface area contributed by atoms with Crippen molar-refractivity contribution in [3.8, 4) is 5.75 Å². The number of hydrogen-bond acceptors (Lipinski definition) is 3. The van der Waals surface area contributed by atoms with Crippen molar-refractivity contribution in [3.63, 3.8) is 0 Å². The number of amides is 1. The van der Waals surface area contributed by atoms with Gasteiger partial charge >= 0.3 is 5.97 Å². The summed E-state index contributed by atoms with van der Waals surface area (Å²) >= 11 is 6.08. The van der Waals surface area contributed by atoms with Crippen molar-refractivity contribution < 1.29 is 19.4 Å². The Hall–Kier alpha value is -3.31. The maximum Gasteiger partial charge on any atom is 0.335 e. The molecule has 5 nitrogen and oxygen atoms in total. The van der Waals surface area contributed by atoms with Crippen molar-refractivity contribution in [1.29, 1.82) is 0 Å². The number of anilines is 1. The first kappa shape index (κ1) is 19.5. The van der Waals surface area contributed by atoms with E-state index in [2.05, 4.69) is 5.32 Å². The number of carbonyl (C=O) groups is 2. The van der Waals surface area contributed by atoms with Crippen LogP contribution >= 0.6 is 11.6 Å². The van der Waals surface area contributed by atoms with Gasteiger partial charge in [-0.1, -0.05) is 29.8 Å². The number of rotatable bonds is 6. The van der Waals surface area contributed by atoms with Crippen LogP contribution in [0.25, 0.3) is 0 Å². The van der Waals surface area contributed by atoms with E-state index in [1.807, 2.05) is 6.92 Å². The van der Waals surface area contributed by atoms with Crippen LogP contribution in [0.1, 0.15) is 31.8 Å². The van der Waals surface area contributed by atoms with E-state index in [0.717, 1.165) is 11.1 Å². The highest BCUT2D eigenvalue weighted by Crippen LogP contribution is 2.24. The largest absolute Gasteiger partial charge is 0.489 e. The zero-order valence-electron chi connectivity index (χ0n) is 15.1. The number of carboxylic acids is 1. The fourth-order valence-corrected chi connectivity index (χ4v) is 2.72. The van der Waals surface area contributed by atoms with Crippen LogP contribution in [0.3, 0.4) is 0 Å². The summed E-state index contributed by atoms with van der Waals surface area (Å²) in [6.07, 6.45) is 0. The summed E-state index contributed by atoms with van der Waals surface area (Å²) in [6.45, 7) is 2.14. The highest BCUT2D eigenvalue weighted by atomic mass is 35.5. The third kappa shape index (κ3) is 4.69. The molecule has 6 heteroatoms. The Labute approximate surface area is 167 Å². The van der Waals surface area contributed by atoms with Gasteiger partial charge < -0.3 is 15.2 Å². The van der Waals surface area contributed by atoms with Crippen molar-refractivity contribution in [2.45, 2.75) is 13.5 Å². The number of ether oxygens (including phenoxy) is 1. The molecule has 0 aliphatic carbocycles. The van der Waals surface area contributed by atoms with Gasteiger partial charge in [0.25, 0.3) is 5.91 Å². The average Bonchev–Trinajstić information content (AvgIpc) is 2.70. The van der Waals surface area contributed by atoms with Gasteiger partial charge in [-0.15, -0.1) is 0 Å². The van der Waals surface area contributed by atoms with Crippen LogP contribution < -0.4 is 10.1 Å². The lowest BCUT2D eigenvalue weighted by atomic mass is 10.1. The van der Waals surface area contributed by atoms with Crippen LogP contribution in [-0.4, -0.2) is 17.0 Å². The maximum absolute atomic E-state index is 12.4. The Bertz CT molecular complexity index is 998. The van der Waals surface area contributed by atoms with Crippen molar-refractivity contribution in [1.82, 2.24) is 0 Å². The van der Waals surface area contributed by atoms with Gasteiger partial charge in [0.15, 0.2) is 0 Å². The summed E-state index contributed by atoms with van der Waals surface area (Å²) in [5.41, 5.74) is 3.06. The van der Waals surface area contributed by atoms with Crippen LogP contribution in [0.2, 0.25) is 5.02 Å². The Morgan fingerprint density at radius 1 is 0.964 bits per heavy atom. The molecule has 2 N–H and O–H groups in total. The first-order valence-electron chi connectivity index (χ1n) is 8.55. The van der Waals surface area contributed by atoms with Gasteiger partial charge in [-0.3, -0.25) is 4.79 Å². The SMILES string of the molecule is Cc1c(Cl)cccc1NC(=O)c1ccc(OCc2ccc(C(=O)O)cc2)cc1. The maximum atomic E-state index is 12.4. The quantitative estimate of drug-likeness (QED) is 0.603. The van der Waals surface area contributed by atoms with E-state index in [9.17, 15) is 9.59 Å². The topological polar surface area (TPSA) is 75.6 Å². The monoisotopic (exact) mass is 395 g/mol. The predicted octanol–water partition coefficient (Wildman–Crippen LogP) is 5.18. The first-order chi connectivity index (χ1) is 13.4. The minimum Gasteiger partial charge on any atom is -0.489 e. The van der Waals surface area contributed by atoms with Crippen LogP contribution in [-0.2, 0) is 6.61 Å². The molecule has 1 amide bonds. The molecule has 3 rings (SSSR count). The fourth-order valence-electron chi connectivity index (χ4n) is 2.55. The summed E-state index contributed by atoms with van der Waals surface area (Å²) < 4.78 is 5.68. The number of halogens is 1.